The molecular weight excluding hydrogens is 283 g/mol. The zero-order valence-corrected chi connectivity index (χ0v) is 12.2. The van der Waals surface area contributed by atoms with E-state index >= 15 is 0 Å². The lowest BCUT2D eigenvalue weighted by Crippen LogP contribution is -2.26. The molecule has 0 saturated heterocycles. The Labute approximate surface area is 122 Å². The molecule has 7 heteroatoms. The van der Waals surface area contributed by atoms with Gasteiger partial charge < -0.3 is 10.6 Å². The van der Waals surface area contributed by atoms with E-state index in [1.807, 2.05) is 13.8 Å². The van der Waals surface area contributed by atoms with Crippen LogP contribution >= 0.6 is 0 Å². The zero-order valence-electron chi connectivity index (χ0n) is 12.2. The van der Waals surface area contributed by atoms with Gasteiger partial charge >= 0.3 is 6.18 Å². The minimum atomic E-state index is -4.14. The maximum atomic E-state index is 12.0. The summed E-state index contributed by atoms with van der Waals surface area (Å²) in [4.78, 5) is 16.1. The molecule has 0 unspecified atom stereocenters. The van der Waals surface area contributed by atoms with Crippen LogP contribution in [0.3, 0.4) is 0 Å². The van der Waals surface area contributed by atoms with Crippen molar-refractivity contribution in [2.75, 3.05) is 18.4 Å². The van der Waals surface area contributed by atoms with Crippen LogP contribution in [0.25, 0.3) is 0 Å². The Morgan fingerprint density at radius 3 is 2.67 bits per heavy atom. The Balaban J connectivity index is 2.48. The minimum absolute atomic E-state index is 0.00992. The van der Waals surface area contributed by atoms with E-state index < -0.39 is 12.6 Å². The van der Waals surface area contributed by atoms with Gasteiger partial charge in [0, 0.05) is 31.4 Å². The molecule has 118 valence electrons. The molecule has 0 radical (unpaired) electrons. The standard InChI is InChI=1S/C14H20F3N3O/c1-3-18-12-8-10(2)20-9-11(12)13(21)19-7-5-4-6-14(15,16)17/h8-9H,3-7H2,1-2H3,(H,18,20)(H,19,21). The number of anilines is 1. The number of amides is 1. The summed E-state index contributed by atoms with van der Waals surface area (Å²) in [5.74, 6) is -0.328. The second-order valence-electron chi connectivity index (χ2n) is 4.73. The maximum absolute atomic E-state index is 12.0. The van der Waals surface area contributed by atoms with Crippen LogP contribution in [0, 0.1) is 6.92 Å². The number of hydrogen-bond acceptors (Lipinski definition) is 3. The van der Waals surface area contributed by atoms with Gasteiger partial charge in [-0.2, -0.15) is 13.2 Å². The van der Waals surface area contributed by atoms with E-state index in [1.54, 1.807) is 6.07 Å². The molecule has 2 N–H and O–H groups in total. The molecule has 1 amide bonds. The van der Waals surface area contributed by atoms with Gasteiger partial charge in [-0.05, 0) is 32.8 Å². The first-order chi connectivity index (χ1) is 9.83. The Bertz CT molecular complexity index is 475. The monoisotopic (exact) mass is 303 g/mol. The van der Waals surface area contributed by atoms with Crippen LogP contribution in [0.4, 0.5) is 18.9 Å². The highest BCUT2D eigenvalue weighted by Gasteiger charge is 2.25. The van der Waals surface area contributed by atoms with Crippen molar-refractivity contribution < 1.29 is 18.0 Å². The number of alkyl halides is 3. The average Bonchev–Trinajstić information content (AvgIpc) is 2.37. The first kappa shape index (κ1) is 17.3. The predicted molar refractivity (Wildman–Crippen MR) is 75.4 cm³/mol. The molecule has 4 nitrogen and oxygen atoms in total. The van der Waals surface area contributed by atoms with E-state index in [-0.39, 0.29) is 18.9 Å². The number of rotatable bonds is 7. The fraction of sp³-hybridized carbons (Fsp3) is 0.571. The van der Waals surface area contributed by atoms with E-state index in [0.29, 0.717) is 24.2 Å². The van der Waals surface area contributed by atoms with E-state index in [9.17, 15) is 18.0 Å². The Morgan fingerprint density at radius 1 is 1.33 bits per heavy atom. The summed E-state index contributed by atoms with van der Waals surface area (Å²) >= 11 is 0. The number of halogens is 3. The molecule has 1 aromatic heterocycles. The number of carbonyl (C=O) groups excluding carboxylic acids is 1. The first-order valence-corrected chi connectivity index (χ1v) is 6.89. The fourth-order valence-electron chi connectivity index (χ4n) is 1.83. The maximum Gasteiger partial charge on any atom is 0.389 e. The Kier molecular flexibility index (Phi) is 6.45. The van der Waals surface area contributed by atoms with Crippen molar-refractivity contribution in [2.45, 2.75) is 39.3 Å². The zero-order chi connectivity index (χ0) is 15.9. The van der Waals surface area contributed by atoms with Gasteiger partial charge in [0.2, 0.25) is 0 Å². The van der Waals surface area contributed by atoms with E-state index in [2.05, 4.69) is 15.6 Å². The van der Waals surface area contributed by atoms with Gasteiger partial charge in [-0.3, -0.25) is 9.78 Å². The smallest absolute Gasteiger partial charge is 0.385 e. The molecule has 0 atom stereocenters. The molecule has 0 spiro atoms. The quantitative estimate of drug-likeness (QED) is 0.760. The molecule has 0 bridgehead atoms. The molecule has 0 saturated carbocycles. The molecule has 1 rings (SSSR count). The molecule has 0 fully saturated rings. The third kappa shape index (κ3) is 6.46. The minimum Gasteiger partial charge on any atom is -0.385 e. The Hall–Kier alpha value is -1.79. The van der Waals surface area contributed by atoms with Crippen molar-refractivity contribution in [2.24, 2.45) is 0 Å². The number of aryl methyl sites for hydroxylation is 1. The normalized spacial score (nSPS) is 11.3. The molecule has 1 heterocycles. The van der Waals surface area contributed by atoms with Crippen LogP contribution < -0.4 is 10.6 Å². The molecular formula is C14H20F3N3O. The number of pyridine rings is 1. The van der Waals surface area contributed by atoms with Crippen LogP contribution in [-0.4, -0.2) is 30.2 Å². The van der Waals surface area contributed by atoms with Gasteiger partial charge in [0.1, 0.15) is 0 Å². The highest BCUT2D eigenvalue weighted by Crippen LogP contribution is 2.22. The average molecular weight is 303 g/mol. The number of nitrogens with one attached hydrogen (secondary N) is 2. The Morgan fingerprint density at radius 2 is 2.05 bits per heavy atom. The van der Waals surface area contributed by atoms with Crippen LogP contribution in [0.15, 0.2) is 12.3 Å². The molecule has 1 aromatic rings. The van der Waals surface area contributed by atoms with E-state index in [1.165, 1.54) is 6.20 Å². The number of carbonyl (C=O) groups is 1. The van der Waals surface area contributed by atoms with Crippen molar-refractivity contribution >= 4 is 11.6 Å². The second kappa shape index (κ2) is 7.85. The topological polar surface area (TPSA) is 54.0 Å². The lowest BCUT2D eigenvalue weighted by atomic mass is 10.2. The van der Waals surface area contributed by atoms with Crippen LogP contribution in [0.2, 0.25) is 0 Å². The molecule has 0 aliphatic carbocycles. The summed E-state index contributed by atoms with van der Waals surface area (Å²) in [6.45, 7) is 4.61. The van der Waals surface area contributed by atoms with Crippen molar-refractivity contribution in [1.82, 2.24) is 10.3 Å². The molecule has 21 heavy (non-hydrogen) atoms. The SMILES string of the molecule is CCNc1cc(C)ncc1C(=O)NCCCCC(F)(F)F. The van der Waals surface area contributed by atoms with Crippen molar-refractivity contribution in [1.29, 1.82) is 0 Å². The highest BCUT2D eigenvalue weighted by molar-refractivity contribution is 5.99. The van der Waals surface area contributed by atoms with Crippen LogP contribution in [0.1, 0.15) is 42.2 Å². The number of nitrogens with zero attached hydrogens (tertiary/aromatic N) is 1. The van der Waals surface area contributed by atoms with Crippen molar-refractivity contribution in [3.8, 4) is 0 Å². The van der Waals surface area contributed by atoms with Gasteiger partial charge in [-0.25, -0.2) is 0 Å². The highest BCUT2D eigenvalue weighted by atomic mass is 19.4. The number of aromatic nitrogens is 1. The van der Waals surface area contributed by atoms with Crippen molar-refractivity contribution in [3.05, 3.63) is 23.5 Å². The third-order valence-electron chi connectivity index (χ3n) is 2.83. The fourth-order valence-corrected chi connectivity index (χ4v) is 1.83. The number of hydrogen-bond donors (Lipinski definition) is 2. The summed E-state index contributed by atoms with van der Waals surface area (Å²) in [5, 5.41) is 5.69. The first-order valence-electron chi connectivity index (χ1n) is 6.89. The van der Waals surface area contributed by atoms with Crippen molar-refractivity contribution in [3.63, 3.8) is 0 Å². The second-order valence-corrected chi connectivity index (χ2v) is 4.73. The van der Waals surface area contributed by atoms with Gasteiger partial charge in [0.15, 0.2) is 0 Å². The summed E-state index contributed by atoms with van der Waals surface area (Å²) in [6.07, 6.45) is -3.18. The summed E-state index contributed by atoms with van der Waals surface area (Å²) in [7, 11) is 0. The van der Waals surface area contributed by atoms with Gasteiger partial charge in [0.25, 0.3) is 5.91 Å². The van der Waals surface area contributed by atoms with Crippen LogP contribution in [0.5, 0.6) is 0 Å². The van der Waals surface area contributed by atoms with Crippen LogP contribution in [-0.2, 0) is 0 Å². The third-order valence-corrected chi connectivity index (χ3v) is 2.83. The molecule has 0 aliphatic heterocycles. The summed E-state index contributed by atoms with van der Waals surface area (Å²) < 4.78 is 35.9. The van der Waals surface area contributed by atoms with E-state index in [4.69, 9.17) is 0 Å². The van der Waals surface area contributed by atoms with Gasteiger partial charge in [-0.1, -0.05) is 0 Å². The molecule has 0 aromatic carbocycles. The van der Waals surface area contributed by atoms with Gasteiger partial charge in [-0.15, -0.1) is 0 Å². The summed E-state index contributed by atoms with van der Waals surface area (Å²) in [6, 6.07) is 1.77. The lowest BCUT2D eigenvalue weighted by molar-refractivity contribution is -0.135. The largest absolute Gasteiger partial charge is 0.389 e. The predicted octanol–water partition coefficient (Wildman–Crippen LogP) is 3.28. The van der Waals surface area contributed by atoms with E-state index in [0.717, 1.165) is 5.69 Å². The summed E-state index contributed by atoms with van der Waals surface area (Å²) in [5.41, 5.74) is 1.86. The molecule has 0 aliphatic rings. The number of unbranched alkanes of at least 4 members (excludes halogenated alkanes) is 1. The van der Waals surface area contributed by atoms with Gasteiger partial charge in [0.05, 0.1) is 11.3 Å². The lowest BCUT2D eigenvalue weighted by Gasteiger charge is -2.11.